The van der Waals surface area contributed by atoms with Crippen LogP contribution in [0.15, 0.2) is 60.9 Å². The molecule has 0 amide bonds. The Kier molecular flexibility index (Phi) is 4.20. The molecule has 0 N–H and O–H groups in total. The molecule has 0 aliphatic heterocycles. The van der Waals surface area contributed by atoms with Gasteiger partial charge in [0.25, 0.3) is 0 Å². The first-order valence-electron chi connectivity index (χ1n) is 6.34. The van der Waals surface area contributed by atoms with Gasteiger partial charge < -0.3 is 0 Å². The molecule has 0 saturated heterocycles. The molecule has 1 aromatic heterocycles. The molecular formula is C16H11Cl3N2. The Morgan fingerprint density at radius 3 is 2.52 bits per heavy atom. The minimum absolute atomic E-state index is 0.395. The van der Waals surface area contributed by atoms with Crippen molar-refractivity contribution in [3.63, 3.8) is 0 Å². The van der Waals surface area contributed by atoms with E-state index in [-0.39, 0.29) is 0 Å². The third-order valence-corrected chi connectivity index (χ3v) is 4.21. The predicted molar refractivity (Wildman–Crippen MR) is 87.7 cm³/mol. The fraction of sp³-hybridized carbons (Fsp3) is 0.0625. The molecule has 5 heteroatoms. The highest BCUT2D eigenvalue weighted by Gasteiger charge is 2.17. The first-order valence-corrected chi connectivity index (χ1v) is 7.53. The zero-order chi connectivity index (χ0) is 14.8. The van der Waals surface area contributed by atoms with Crippen molar-refractivity contribution in [2.45, 2.75) is 5.38 Å². The van der Waals surface area contributed by atoms with Crippen LogP contribution in [0.3, 0.4) is 0 Å². The van der Waals surface area contributed by atoms with Crippen LogP contribution in [0.1, 0.15) is 16.5 Å². The van der Waals surface area contributed by atoms with Gasteiger partial charge in [0, 0.05) is 21.8 Å². The van der Waals surface area contributed by atoms with E-state index < -0.39 is 5.38 Å². The van der Waals surface area contributed by atoms with Crippen molar-refractivity contribution in [2.24, 2.45) is 0 Å². The highest BCUT2D eigenvalue weighted by molar-refractivity contribution is 6.35. The average molecular weight is 338 g/mol. The Balaban J connectivity index is 1.94. The number of para-hydroxylation sites is 1. The molecule has 0 radical (unpaired) electrons. The van der Waals surface area contributed by atoms with Crippen LogP contribution in [-0.2, 0) is 0 Å². The highest BCUT2D eigenvalue weighted by Crippen LogP contribution is 2.35. The predicted octanol–water partition coefficient (Wildman–Crippen LogP) is 5.51. The number of hydrogen-bond acceptors (Lipinski definition) is 1. The van der Waals surface area contributed by atoms with Gasteiger partial charge in [-0.2, -0.15) is 5.10 Å². The first-order chi connectivity index (χ1) is 10.1. The molecule has 1 atom stereocenters. The lowest BCUT2D eigenvalue weighted by molar-refractivity contribution is 0.880. The summed E-state index contributed by atoms with van der Waals surface area (Å²) in [5.41, 5.74) is 2.62. The Labute approximate surface area is 137 Å². The monoisotopic (exact) mass is 336 g/mol. The molecule has 3 aromatic rings. The molecule has 3 rings (SSSR count). The molecule has 2 aromatic carbocycles. The molecular weight excluding hydrogens is 327 g/mol. The van der Waals surface area contributed by atoms with Gasteiger partial charge in [0.15, 0.2) is 0 Å². The van der Waals surface area contributed by atoms with Crippen molar-refractivity contribution < 1.29 is 0 Å². The average Bonchev–Trinajstić information content (AvgIpc) is 3.00. The third kappa shape index (κ3) is 3.08. The van der Waals surface area contributed by atoms with E-state index in [4.69, 9.17) is 34.8 Å². The smallest absolute Gasteiger partial charge is 0.0880 e. The van der Waals surface area contributed by atoms with Crippen molar-refractivity contribution in [3.8, 4) is 5.69 Å². The van der Waals surface area contributed by atoms with Gasteiger partial charge in [-0.25, -0.2) is 4.68 Å². The SMILES string of the molecule is Clc1ccc(Cl)c(C(Cl)c2cnn(-c3ccccc3)c2)c1. The van der Waals surface area contributed by atoms with Crippen LogP contribution in [0.5, 0.6) is 0 Å². The quantitative estimate of drug-likeness (QED) is 0.576. The van der Waals surface area contributed by atoms with Crippen molar-refractivity contribution in [2.75, 3.05) is 0 Å². The summed E-state index contributed by atoms with van der Waals surface area (Å²) in [4.78, 5) is 0. The fourth-order valence-electron chi connectivity index (χ4n) is 2.08. The maximum Gasteiger partial charge on any atom is 0.0880 e. The summed E-state index contributed by atoms with van der Waals surface area (Å²) in [6.45, 7) is 0. The molecule has 21 heavy (non-hydrogen) atoms. The van der Waals surface area contributed by atoms with E-state index >= 15 is 0 Å². The van der Waals surface area contributed by atoms with Crippen LogP contribution < -0.4 is 0 Å². The van der Waals surface area contributed by atoms with Gasteiger partial charge in [-0.05, 0) is 35.9 Å². The number of rotatable bonds is 3. The third-order valence-electron chi connectivity index (χ3n) is 3.15. The first kappa shape index (κ1) is 14.5. The van der Waals surface area contributed by atoms with Crippen LogP contribution in [-0.4, -0.2) is 9.78 Å². The lowest BCUT2D eigenvalue weighted by atomic mass is 10.1. The molecule has 106 valence electrons. The van der Waals surface area contributed by atoms with E-state index in [1.54, 1.807) is 29.1 Å². The zero-order valence-corrected chi connectivity index (χ0v) is 13.1. The minimum atomic E-state index is -0.395. The maximum atomic E-state index is 6.51. The summed E-state index contributed by atoms with van der Waals surface area (Å²) in [7, 11) is 0. The van der Waals surface area contributed by atoms with Gasteiger partial charge in [0.1, 0.15) is 0 Å². The van der Waals surface area contributed by atoms with Gasteiger partial charge in [-0.3, -0.25) is 0 Å². The van der Waals surface area contributed by atoms with Gasteiger partial charge in [0.05, 0.1) is 17.3 Å². The Morgan fingerprint density at radius 1 is 1.00 bits per heavy atom. The number of aromatic nitrogens is 2. The van der Waals surface area contributed by atoms with Crippen molar-refractivity contribution >= 4 is 34.8 Å². The van der Waals surface area contributed by atoms with E-state index in [1.165, 1.54) is 0 Å². The van der Waals surface area contributed by atoms with Crippen LogP contribution in [0.2, 0.25) is 10.0 Å². The molecule has 2 nitrogen and oxygen atoms in total. The number of nitrogens with zero attached hydrogens (tertiary/aromatic N) is 2. The second kappa shape index (κ2) is 6.10. The zero-order valence-electron chi connectivity index (χ0n) is 10.9. The summed E-state index contributed by atoms with van der Waals surface area (Å²) in [6, 6.07) is 15.1. The number of halogens is 3. The molecule has 0 fully saturated rings. The maximum absolute atomic E-state index is 6.51. The van der Waals surface area contributed by atoms with Crippen LogP contribution in [0.25, 0.3) is 5.69 Å². The van der Waals surface area contributed by atoms with Crippen LogP contribution in [0, 0.1) is 0 Å². The lowest BCUT2D eigenvalue weighted by Gasteiger charge is -2.10. The second-order valence-electron chi connectivity index (χ2n) is 4.58. The number of alkyl halides is 1. The van der Waals surface area contributed by atoms with E-state index in [9.17, 15) is 0 Å². The van der Waals surface area contributed by atoms with Crippen LogP contribution in [0.4, 0.5) is 0 Å². The van der Waals surface area contributed by atoms with Gasteiger partial charge in [-0.1, -0.05) is 41.4 Å². The standard InChI is InChI=1S/C16H11Cl3N2/c17-12-6-7-15(18)14(8-12)16(19)11-9-20-21(10-11)13-4-2-1-3-5-13/h1-10,16H. The molecule has 0 aliphatic rings. The normalized spacial score (nSPS) is 12.3. The molecule has 0 saturated carbocycles. The summed E-state index contributed by atoms with van der Waals surface area (Å²) < 4.78 is 1.78. The van der Waals surface area contributed by atoms with Crippen molar-refractivity contribution in [1.29, 1.82) is 0 Å². The Morgan fingerprint density at radius 2 is 1.76 bits per heavy atom. The fourth-order valence-corrected chi connectivity index (χ4v) is 2.83. The van der Waals surface area contributed by atoms with E-state index in [1.807, 2.05) is 36.5 Å². The van der Waals surface area contributed by atoms with E-state index in [0.29, 0.717) is 10.0 Å². The molecule has 0 spiro atoms. The van der Waals surface area contributed by atoms with Crippen molar-refractivity contribution in [1.82, 2.24) is 9.78 Å². The molecule has 0 aliphatic carbocycles. The topological polar surface area (TPSA) is 17.8 Å². The van der Waals surface area contributed by atoms with Gasteiger partial charge >= 0.3 is 0 Å². The number of hydrogen-bond donors (Lipinski definition) is 0. The number of benzene rings is 2. The van der Waals surface area contributed by atoms with E-state index in [0.717, 1.165) is 16.8 Å². The largest absolute Gasteiger partial charge is 0.241 e. The Bertz CT molecular complexity index is 753. The van der Waals surface area contributed by atoms with E-state index in [2.05, 4.69) is 5.10 Å². The lowest BCUT2D eigenvalue weighted by Crippen LogP contribution is -1.95. The second-order valence-corrected chi connectivity index (χ2v) is 5.86. The summed E-state index contributed by atoms with van der Waals surface area (Å²) in [5.74, 6) is 0. The van der Waals surface area contributed by atoms with Crippen molar-refractivity contribution in [3.05, 3.63) is 82.1 Å². The van der Waals surface area contributed by atoms with Gasteiger partial charge in [0.2, 0.25) is 0 Å². The summed E-state index contributed by atoms with van der Waals surface area (Å²) in [6.07, 6.45) is 3.63. The van der Waals surface area contributed by atoms with Gasteiger partial charge in [-0.15, -0.1) is 11.6 Å². The Hall–Kier alpha value is -1.48. The molecule has 1 heterocycles. The summed E-state index contributed by atoms with van der Waals surface area (Å²) in [5, 5.41) is 5.14. The molecule has 1 unspecified atom stereocenters. The summed E-state index contributed by atoms with van der Waals surface area (Å²) >= 11 is 18.7. The minimum Gasteiger partial charge on any atom is -0.241 e. The molecule has 0 bridgehead atoms. The highest BCUT2D eigenvalue weighted by atomic mass is 35.5. The van der Waals surface area contributed by atoms with Crippen LogP contribution >= 0.6 is 34.8 Å².